The number of carbonyl (C=O) groups is 1. The topological polar surface area (TPSA) is 47.8 Å². The number of hydrogen-bond acceptors (Lipinski definition) is 3. The molecule has 0 amide bonds. The number of aromatic nitrogens is 3. The molecule has 1 aromatic heterocycles. The summed E-state index contributed by atoms with van der Waals surface area (Å²) in [6, 6.07) is 0. The number of carbonyl (C=O) groups excluding carboxylic acids is 1. The lowest BCUT2D eigenvalue weighted by Crippen LogP contribution is -2.01. The van der Waals surface area contributed by atoms with Crippen molar-refractivity contribution in [3.63, 3.8) is 0 Å². The minimum atomic E-state index is 0.305. The fraction of sp³-hybridized carbons (Fsp3) is 0.100. The van der Waals surface area contributed by atoms with Crippen LogP contribution in [0.3, 0.4) is 0 Å². The Bertz CT molecular complexity index is 493. The van der Waals surface area contributed by atoms with Crippen LogP contribution in [-0.4, -0.2) is 21.4 Å². The number of fused-ring (bicyclic) bond motifs is 3. The molecule has 0 radical (unpaired) electrons. The van der Waals surface area contributed by atoms with E-state index in [0.717, 1.165) is 21.8 Å². The Morgan fingerprint density at radius 2 is 2.29 bits per heavy atom. The molecule has 4 nitrogen and oxygen atoms in total. The highest BCUT2D eigenvalue weighted by atomic mass is 16.1. The minimum Gasteiger partial charge on any atom is -0.275 e. The minimum absolute atomic E-state index is 0.305. The maximum absolute atomic E-state index is 10.5. The molecule has 0 bridgehead atoms. The number of nitrogens with zero attached hydrogens (tertiary/aromatic N) is 3. The lowest BCUT2D eigenvalue weighted by molar-refractivity contribution is 0.530. The molecule has 3 rings (SSSR count). The van der Waals surface area contributed by atoms with Crippen LogP contribution in [-0.2, 0) is 4.79 Å². The lowest BCUT2D eigenvalue weighted by atomic mass is 9.93. The predicted molar refractivity (Wildman–Crippen MR) is 51.8 cm³/mol. The van der Waals surface area contributed by atoms with Crippen LogP contribution in [0.2, 0.25) is 0 Å². The third-order valence-electron chi connectivity index (χ3n) is 2.44. The van der Waals surface area contributed by atoms with Crippen LogP contribution in [0.5, 0.6) is 0 Å². The van der Waals surface area contributed by atoms with E-state index in [1.165, 1.54) is 0 Å². The Kier molecular flexibility index (Phi) is 1.33. The van der Waals surface area contributed by atoms with Crippen molar-refractivity contribution in [3.05, 3.63) is 35.7 Å². The van der Waals surface area contributed by atoms with Gasteiger partial charge in [-0.1, -0.05) is 24.3 Å². The van der Waals surface area contributed by atoms with Crippen molar-refractivity contribution >= 4 is 18.1 Å². The summed E-state index contributed by atoms with van der Waals surface area (Å²) in [5, 5.41) is 8.10. The van der Waals surface area contributed by atoms with Gasteiger partial charge in [-0.05, 0) is 11.6 Å². The zero-order valence-electron chi connectivity index (χ0n) is 7.29. The number of rotatable bonds is 1. The zero-order chi connectivity index (χ0) is 9.54. The Morgan fingerprint density at radius 1 is 1.36 bits per heavy atom. The van der Waals surface area contributed by atoms with E-state index in [1.807, 2.05) is 18.2 Å². The van der Waals surface area contributed by atoms with Crippen molar-refractivity contribution in [1.82, 2.24) is 15.0 Å². The smallest absolute Gasteiger partial charge is 0.252 e. The van der Waals surface area contributed by atoms with Gasteiger partial charge < -0.3 is 0 Å². The molecule has 0 saturated carbocycles. The molecule has 4 heteroatoms. The van der Waals surface area contributed by atoms with E-state index in [4.69, 9.17) is 0 Å². The molecule has 0 N–H and O–H groups in total. The molecule has 0 aromatic carbocycles. The Morgan fingerprint density at radius 3 is 3.14 bits per heavy atom. The summed E-state index contributed by atoms with van der Waals surface area (Å²) in [5.74, 6) is 0.305. The maximum atomic E-state index is 10.5. The summed E-state index contributed by atoms with van der Waals surface area (Å²) < 4.78 is 0. The Hall–Kier alpha value is -1.97. The monoisotopic (exact) mass is 185 g/mol. The Labute approximate surface area is 80.2 Å². The summed E-state index contributed by atoms with van der Waals surface area (Å²) in [6.45, 7) is 0. The molecule has 1 atom stereocenters. The maximum Gasteiger partial charge on any atom is 0.252 e. The fourth-order valence-electron chi connectivity index (χ4n) is 1.79. The van der Waals surface area contributed by atoms with E-state index in [2.05, 4.69) is 22.3 Å². The van der Waals surface area contributed by atoms with Gasteiger partial charge in [0.1, 0.15) is 11.4 Å². The number of allylic oxidation sites excluding steroid dienone is 5. The molecule has 1 aromatic rings. The molecule has 1 heterocycles. The molecule has 2 aliphatic rings. The van der Waals surface area contributed by atoms with Crippen molar-refractivity contribution in [2.45, 2.75) is 0 Å². The first-order valence-electron chi connectivity index (χ1n) is 4.37. The highest BCUT2D eigenvalue weighted by molar-refractivity contribution is 5.81. The first-order chi connectivity index (χ1) is 6.88. The summed E-state index contributed by atoms with van der Waals surface area (Å²) >= 11 is 0. The largest absolute Gasteiger partial charge is 0.275 e. The van der Waals surface area contributed by atoms with Gasteiger partial charge in [-0.25, -0.2) is 0 Å². The molecule has 1 unspecified atom stereocenters. The van der Waals surface area contributed by atoms with Gasteiger partial charge in [0.2, 0.25) is 0 Å². The lowest BCUT2D eigenvalue weighted by Gasteiger charge is -2.11. The van der Waals surface area contributed by atoms with Crippen molar-refractivity contribution in [2.75, 3.05) is 0 Å². The van der Waals surface area contributed by atoms with Crippen molar-refractivity contribution in [2.24, 2.45) is 5.92 Å². The van der Waals surface area contributed by atoms with Gasteiger partial charge in [0.15, 0.2) is 0 Å². The van der Waals surface area contributed by atoms with E-state index in [1.54, 1.807) is 0 Å². The molecule has 0 aliphatic heterocycles. The van der Waals surface area contributed by atoms with Gasteiger partial charge in [0.25, 0.3) is 6.41 Å². The van der Waals surface area contributed by atoms with E-state index in [9.17, 15) is 4.79 Å². The van der Waals surface area contributed by atoms with Crippen LogP contribution in [0.25, 0.3) is 11.6 Å². The summed E-state index contributed by atoms with van der Waals surface area (Å²) in [6.07, 6.45) is 10.7. The van der Waals surface area contributed by atoms with Crippen LogP contribution in [0.15, 0.2) is 24.3 Å². The number of hydrogen-bond donors (Lipinski definition) is 0. The molecule has 0 saturated heterocycles. The van der Waals surface area contributed by atoms with Crippen molar-refractivity contribution in [3.8, 4) is 0 Å². The third kappa shape index (κ3) is 0.849. The first kappa shape index (κ1) is 7.44. The average molecular weight is 185 g/mol. The quantitative estimate of drug-likeness (QED) is 0.611. The SMILES string of the molecule is O=Cn1nc2c(n1)C1=CC=CC1C=C2. The van der Waals surface area contributed by atoms with Crippen LogP contribution >= 0.6 is 0 Å². The van der Waals surface area contributed by atoms with Crippen molar-refractivity contribution in [1.29, 1.82) is 0 Å². The van der Waals surface area contributed by atoms with Gasteiger partial charge in [-0.2, -0.15) is 0 Å². The van der Waals surface area contributed by atoms with Crippen LogP contribution in [0, 0.1) is 5.92 Å². The van der Waals surface area contributed by atoms with E-state index in [-0.39, 0.29) is 0 Å². The van der Waals surface area contributed by atoms with Crippen LogP contribution in [0.4, 0.5) is 0 Å². The van der Waals surface area contributed by atoms with E-state index in [0.29, 0.717) is 12.3 Å². The normalized spacial score (nSPS) is 21.7. The van der Waals surface area contributed by atoms with Crippen LogP contribution in [0.1, 0.15) is 11.4 Å². The first-order valence-corrected chi connectivity index (χ1v) is 4.37. The molecule has 0 fully saturated rings. The molecular weight excluding hydrogens is 178 g/mol. The predicted octanol–water partition coefficient (Wildman–Crippen LogP) is 0.913. The highest BCUT2D eigenvalue weighted by Crippen LogP contribution is 2.34. The van der Waals surface area contributed by atoms with Gasteiger partial charge in [-0.15, -0.1) is 15.0 Å². The fourth-order valence-corrected chi connectivity index (χ4v) is 1.79. The van der Waals surface area contributed by atoms with Crippen LogP contribution < -0.4 is 0 Å². The van der Waals surface area contributed by atoms with Gasteiger partial charge in [-0.3, -0.25) is 4.79 Å². The molecule has 14 heavy (non-hydrogen) atoms. The Balaban J connectivity index is 2.20. The van der Waals surface area contributed by atoms with Crippen molar-refractivity contribution < 1.29 is 4.79 Å². The van der Waals surface area contributed by atoms with Gasteiger partial charge in [0, 0.05) is 5.92 Å². The molecular formula is C10H7N3O. The van der Waals surface area contributed by atoms with Gasteiger partial charge >= 0.3 is 0 Å². The zero-order valence-corrected chi connectivity index (χ0v) is 7.29. The van der Waals surface area contributed by atoms with E-state index < -0.39 is 0 Å². The third-order valence-corrected chi connectivity index (χ3v) is 2.44. The van der Waals surface area contributed by atoms with Gasteiger partial charge in [0.05, 0.1) is 0 Å². The summed E-state index contributed by atoms with van der Waals surface area (Å²) in [4.78, 5) is 11.6. The molecule has 2 aliphatic carbocycles. The average Bonchev–Trinajstić information content (AvgIpc) is 2.82. The molecule has 68 valence electrons. The second kappa shape index (κ2) is 2.51. The standard InChI is InChI=1S/C10H7N3O/c14-6-13-11-9-5-4-7-2-1-3-8(7)10(9)12-13/h1-7H. The highest BCUT2D eigenvalue weighted by Gasteiger charge is 2.24. The summed E-state index contributed by atoms with van der Waals surface area (Å²) in [5.41, 5.74) is 2.70. The second-order valence-electron chi connectivity index (χ2n) is 3.25. The second-order valence-corrected chi connectivity index (χ2v) is 3.25. The summed E-state index contributed by atoms with van der Waals surface area (Å²) in [7, 11) is 0. The van der Waals surface area contributed by atoms with E-state index >= 15 is 0 Å². The molecule has 0 spiro atoms.